The van der Waals surface area contributed by atoms with Gasteiger partial charge < -0.3 is 20.1 Å². The minimum Gasteiger partial charge on any atom is -0.493 e. The molecule has 33 heavy (non-hydrogen) atoms. The van der Waals surface area contributed by atoms with E-state index in [4.69, 9.17) is 32.7 Å². The van der Waals surface area contributed by atoms with Gasteiger partial charge in [0.05, 0.1) is 34.5 Å². The average Bonchev–Trinajstić information content (AvgIpc) is 2.82. The Labute approximate surface area is 202 Å². The molecule has 1 aliphatic rings. The van der Waals surface area contributed by atoms with E-state index in [1.807, 2.05) is 0 Å². The molecule has 1 unspecified atom stereocenters. The number of nitrogens with one attached hydrogen (secondary N) is 3. The van der Waals surface area contributed by atoms with Crippen molar-refractivity contribution in [3.05, 3.63) is 46.7 Å². The Hall–Kier alpha value is -2.81. The van der Waals surface area contributed by atoms with Crippen molar-refractivity contribution in [2.75, 3.05) is 30.8 Å². The van der Waals surface area contributed by atoms with E-state index in [-0.39, 0.29) is 6.10 Å². The molecule has 0 spiro atoms. The van der Waals surface area contributed by atoms with E-state index in [1.165, 1.54) is 6.33 Å². The zero-order valence-corrected chi connectivity index (χ0v) is 19.8. The van der Waals surface area contributed by atoms with Gasteiger partial charge in [-0.25, -0.2) is 14.8 Å². The first kappa shape index (κ1) is 23.4. The van der Waals surface area contributed by atoms with Gasteiger partial charge in [-0.2, -0.15) is 0 Å². The predicted octanol–water partition coefficient (Wildman–Crippen LogP) is 5.36. The molecule has 2 aromatic carbocycles. The van der Waals surface area contributed by atoms with Gasteiger partial charge in [0.2, 0.25) is 0 Å². The van der Waals surface area contributed by atoms with Gasteiger partial charge in [0.25, 0.3) is 0 Å². The highest BCUT2D eigenvalue weighted by molar-refractivity contribution is 6.39. The van der Waals surface area contributed by atoms with E-state index >= 15 is 0 Å². The highest BCUT2D eigenvalue weighted by Gasteiger charge is 2.23. The molecule has 0 aliphatic carbocycles. The van der Waals surface area contributed by atoms with E-state index in [2.05, 4.69) is 32.8 Å². The normalized spacial score (nSPS) is 15.2. The minimum atomic E-state index is -0.538. The standard InChI is InChI=1S/C23H25Cl2N5O3/c1-13(14-6-8-26-9-7-14)33-20-11-18-15(10-19(20)32-2)22(28-12-27-18)30-23(31)29-21-16(24)4-3-5-17(21)25/h3-5,10-14,26H,6-9H2,1-2H3,(H2,27,28,29,30,31). The Kier molecular flexibility index (Phi) is 7.37. The molecule has 0 radical (unpaired) electrons. The molecule has 1 aliphatic heterocycles. The van der Waals surface area contributed by atoms with Crippen LogP contribution in [0, 0.1) is 5.92 Å². The van der Waals surface area contributed by atoms with Crippen molar-refractivity contribution in [3.8, 4) is 11.5 Å². The predicted molar refractivity (Wildman–Crippen MR) is 131 cm³/mol. The van der Waals surface area contributed by atoms with Crippen LogP contribution in [0.15, 0.2) is 36.7 Å². The Balaban J connectivity index is 1.56. The lowest BCUT2D eigenvalue weighted by Crippen LogP contribution is -2.35. The summed E-state index contributed by atoms with van der Waals surface area (Å²) in [6, 6.07) is 8.01. The number of aromatic nitrogens is 2. The molecular weight excluding hydrogens is 465 g/mol. The number of nitrogens with zero attached hydrogens (tertiary/aromatic N) is 2. The second-order valence-corrected chi connectivity index (χ2v) is 8.64. The highest BCUT2D eigenvalue weighted by Crippen LogP contribution is 2.36. The number of hydrogen-bond acceptors (Lipinski definition) is 6. The molecule has 1 atom stereocenters. The maximum Gasteiger partial charge on any atom is 0.324 e. The number of halogens is 2. The number of piperidine rings is 1. The third-order valence-corrected chi connectivity index (χ3v) is 6.34. The fourth-order valence-electron chi connectivity index (χ4n) is 3.89. The molecule has 4 rings (SSSR count). The number of anilines is 2. The van der Waals surface area contributed by atoms with Crippen molar-refractivity contribution in [2.24, 2.45) is 5.92 Å². The number of carbonyl (C=O) groups is 1. The summed E-state index contributed by atoms with van der Waals surface area (Å²) in [4.78, 5) is 21.2. The number of para-hydroxylation sites is 1. The van der Waals surface area contributed by atoms with Gasteiger partial charge >= 0.3 is 6.03 Å². The molecule has 1 fully saturated rings. The molecule has 2 amide bonds. The van der Waals surface area contributed by atoms with Gasteiger partial charge in [-0.1, -0.05) is 29.3 Å². The van der Waals surface area contributed by atoms with Crippen molar-refractivity contribution < 1.29 is 14.3 Å². The summed E-state index contributed by atoms with van der Waals surface area (Å²) in [6.07, 6.45) is 3.55. The number of benzene rings is 2. The maximum atomic E-state index is 12.6. The topological polar surface area (TPSA) is 97.4 Å². The summed E-state index contributed by atoms with van der Waals surface area (Å²) in [5.74, 6) is 1.93. The summed E-state index contributed by atoms with van der Waals surface area (Å²) in [5, 5.41) is 10.0. The number of fused-ring (bicyclic) bond motifs is 1. The summed E-state index contributed by atoms with van der Waals surface area (Å²) in [6.45, 7) is 4.07. The van der Waals surface area contributed by atoms with E-state index in [1.54, 1.807) is 37.4 Å². The van der Waals surface area contributed by atoms with Crippen LogP contribution >= 0.6 is 23.2 Å². The minimum absolute atomic E-state index is 0.0315. The lowest BCUT2D eigenvalue weighted by Gasteiger charge is -2.29. The summed E-state index contributed by atoms with van der Waals surface area (Å²) < 4.78 is 11.8. The fourth-order valence-corrected chi connectivity index (χ4v) is 4.39. The monoisotopic (exact) mass is 489 g/mol. The summed E-state index contributed by atoms with van der Waals surface area (Å²) in [7, 11) is 1.58. The Bertz CT molecular complexity index is 1130. The number of urea groups is 1. The molecule has 0 saturated carbocycles. The largest absolute Gasteiger partial charge is 0.493 e. The van der Waals surface area contributed by atoms with Crippen LogP contribution in [0.5, 0.6) is 11.5 Å². The Morgan fingerprint density at radius 3 is 2.55 bits per heavy atom. The molecule has 3 aromatic rings. The molecular formula is C23H25Cl2N5O3. The Morgan fingerprint density at radius 1 is 1.12 bits per heavy atom. The van der Waals surface area contributed by atoms with E-state index in [9.17, 15) is 4.79 Å². The first-order chi connectivity index (χ1) is 16.0. The third-order valence-electron chi connectivity index (χ3n) is 5.71. The molecule has 1 saturated heterocycles. The summed E-state index contributed by atoms with van der Waals surface area (Å²) >= 11 is 12.3. The lowest BCUT2D eigenvalue weighted by atomic mass is 9.93. The van der Waals surface area contributed by atoms with E-state index in [0.29, 0.717) is 49.9 Å². The fraction of sp³-hybridized carbons (Fsp3) is 0.348. The number of ether oxygens (including phenoxy) is 2. The van der Waals surface area contributed by atoms with E-state index < -0.39 is 6.03 Å². The zero-order chi connectivity index (χ0) is 23.4. The smallest absolute Gasteiger partial charge is 0.324 e. The first-order valence-corrected chi connectivity index (χ1v) is 11.4. The third kappa shape index (κ3) is 5.40. The number of methoxy groups -OCH3 is 1. The molecule has 8 nitrogen and oxygen atoms in total. The zero-order valence-electron chi connectivity index (χ0n) is 18.3. The van der Waals surface area contributed by atoms with Crippen LogP contribution in [0.1, 0.15) is 19.8 Å². The molecule has 10 heteroatoms. The van der Waals surface area contributed by atoms with Crippen molar-refractivity contribution >= 4 is 51.6 Å². The molecule has 3 N–H and O–H groups in total. The molecule has 1 aromatic heterocycles. The van der Waals surface area contributed by atoms with Crippen LogP contribution in [-0.2, 0) is 0 Å². The lowest BCUT2D eigenvalue weighted by molar-refractivity contribution is 0.124. The SMILES string of the molecule is COc1cc2c(NC(=O)Nc3c(Cl)cccc3Cl)ncnc2cc1OC(C)C1CCNCC1. The summed E-state index contributed by atoms with van der Waals surface area (Å²) in [5.41, 5.74) is 0.932. The first-order valence-electron chi connectivity index (χ1n) is 10.7. The van der Waals surface area contributed by atoms with Crippen molar-refractivity contribution in [3.63, 3.8) is 0 Å². The van der Waals surface area contributed by atoms with Gasteiger partial charge in [0.15, 0.2) is 11.5 Å². The Morgan fingerprint density at radius 2 is 1.85 bits per heavy atom. The van der Waals surface area contributed by atoms with Gasteiger partial charge in [-0.3, -0.25) is 5.32 Å². The average molecular weight is 490 g/mol. The highest BCUT2D eigenvalue weighted by atomic mass is 35.5. The molecule has 0 bridgehead atoms. The van der Waals surface area contributed by atoms with Crippen LogP contribution in [0.2, 0.25) is 10.0 Å². The van der Waals surface area contributed by atoms with Crippen molar-refractivity contribution in [1.82, 2.24) is 15.3 Å². The van der Waals surface area contributed by atoms with Gasteiger partial charge in [0.1, 0.15) is 12.1 Å². The number of rotatable bonds is 6. The van der Waals surface area contributed by atoms with Gasteiger partial charge in [-0.15, -0.1) is 0 Å². The quantitative estimate of drug-likeness (QED) is 0.431. The van der Waals surface area contributed by atoms with Crippen LogP contribution in [-0.4, -0.2) is 42.3 Å². The maximum absolute atomic E-state index is 12.6. The number of hydrogen-bond donors (Lipinski definition) is 3. The number of carbonyl (C=O) groups excluding carboxylic acids is 1. The van der Waals surface area contributed by atoms with Gasteiger partial charge in [0, 0.05) is 11.5 Å². The molecule has 2 heterocycles. The second kappa shape index (κ2) is 10.4. The van der Waals surface area contributed by atoms with Crippen molar-refractivity contribution in [1.29, 1.82) is 0 Å². The van der Waals surface area contributed by atoms with Gasteiger partial charge in [-0.05, 0) is 57.0 Å². The van der Waals surface area contributed by atoms with Crippen LogP contribution in [0.25, 0.3) is 10.9 Å². The van der Waals surface area contributed by atoms with Crippen LogP contribution in [0.3, 0.4) is 0 Å². The van der Waals surface area contributed by atoms with Crippen LogP contribution < -0.4 is 25.4 Å². The van der Waals surface area contributed by atoms with Crippen LogP contribution in [0.4, 0.5) is 16.3 Å². The van der Waals surface area contributed by atoms with Crippen molar-refractivity contribution in [2.45, 2.75) is 25.9 Å². The molecule has 174 valence electrons. The van der Waals surface area contributed by atoms with E-state index in [0.717, 1.165) is 25.9 Å². The number of amides is 2. The second-order valence-electron chi connectivity index (χ2n) is 7.83.